The van der Waals surface area contributed by atoms with Crippen LogP contribution in [0.1, 0.15) is 17.2 Å². The van der Waals surface area contributed by atoms with Crippen molar-refractivity contribution in [1.29, 1.82) is 0 Å². The van der Waals surface area contributed by atoms with Gasteiger partial charge in [0.1, 0.15) is 6.10 Å². The fourth-order valence-corrected chi connectivity index (χ4v) is 1.45. The van der Waals surface area contributed by atoms with E-state index >= 15 is 0 Å². The summed E-state index contributed by atoms with van der Waals surface area (Å²) in [5.41, 5.74) is 8.27. The predicted octanol–water partition coefficient (Wildman–Crippen LogP) is 2.35. The zero-order chi connectivity index (χ0) is 10.7. The maximum absolute atomic E-state index is 9.04. The lowest BCUT2D eigenvalue weighted by atomic mass is 9.90. The van der Waals surface area contributed by atoms with Crippen LogP contribution in [0.5, 0.6) is 0 Å². The predicted molar refractivity (Wildman–Crippen MR) is 61.4 cm³/mol. The number of benzene rings is 2. The zero-order valence-electron chi connectivity index (χ0n) is 8.30. The Morgan fingerprint density at radius 2 is 1.47 bits per heavy atom. The van der Waals surface area contributed by atoms with Crippen molar-refractivity contribution in [3.63, 3.8) is 0 Å². The van der Waals surface area contributed by atoms with Crippen LogP contribution < -0.4 is 5.73 Å². The molecule has 2 heteroatoms. The van der Waals surface area contributed by atoms with Crippen LogP contribution in [0, 0.1) is 0 Å². The van der Waals surface area contributed by atoms with Crippen LogP contribution in [-0.4, -0.2) is 5.11 Å². The summed E-state index contributed by atoms with van der Waals surface area (Å²) in [6.45, 7) is 0. The molecule has 0 fully saturated rings. The minimum Gasteiger partial charge on any atom is -0.399 e. The van der Waals surface area contributed by atoms with Crippen LogP contribution in [0.4, 0.5) is 5.69 Å². The minimum atomic E-state index is -0.264. The molecule has 2 aliphatic carbocycles. The average molecular weight is 199 g/mol. The third kappa shape index (κ3) is 2.17. The largest absolute Gasteiger partial charge is 0.399 e. The number of rotatable bonds is 0. The number of aliphatic hydroxyl groups excluding tert-OH is 1. The Morgan fingerprint density at radius 3 is 1.73 bits per heavy atom. The minimum absolute atomic E-state index is 0.264. The van der Waals surface area contributed by atoms with E-state index in [-0.39, 0.29) is 6.10 Å². The number of para-hydroxylation sites is 1. The molecule has 0 unspecified atom stereocenters. The Hall–Kier alpha value is -1.80. The smallest absolute Gasteiger partial charge is 0.104 e. The van der Waals surface area contributed by atoms with Gasteiger partial charge in [0.15, 0.2) is 0 Å². The first-order valence-electron chi connectivity index (χ1n) is 4.86. The maximum atomic E-state index is 9.04. The molecule has 3 N–H and O–H groups in total. The molecule has 76 valence electrons. The highest BCUT2D eigenvalue weighted by molar-refractivity contribution is 5.41. The number of fused-ring (bicyclic) bond motifs is 2. The lowest BCUT2D eigenvalue weighted by Gasteiger charge is -2.20. The topological polar surface area (TPSA) is 46.2 Å². The molecular formula is C13H13NO. The Kier molecular flexibility index (Phi) is 2.70. The average Bonchev–Trinajstić information content (AvgIpc) is 2.31. The summed E-state index contributed by atoms with van der Waals surface area (Å²) < 4.78 is 0. The highest BCUT2D eigenvalue weighted by Gasteiger charge is 2.18. The number of aliphatic hydroxyl groups is 1. The molecule has 0 heterocycles. The molecule has 2 bridgehead atoms. The summed E-state index contributed by atoms with van der Waals surface area (Å²) in [4.78, 5) is 0. The van der Waals surface area contributed by atoms with Gasteiger partial charge in [-0.05, 0) is 29.3 Å². The fourth-order valence-electron chi connectivity index (χ4n) is 1.45. The van der Waals surface area contributed by atoms with Crippen molar-refractivity contribution in [3.8, 4) is 0 Å². The van der Waals surface area contributed by atoms with E-state index in [1.807, 2.05) is 54.6 Å². The molecule has 15 heavy (non-hydrogen) atoms. The molecule has 0 aliphatic heterocycles. The Bertz CT molecular complexity index is 413. The van der Waals surface area contributed by atoms with Gasteiger partial charge in [0.2, 0.25) is 0 Å². The second-order valence-electron chi connectivity index (χ2n) is 3.48. The lowest BCUT2D eigenvalue weighted by Crippen LogP contribution is -2.08. The van der Waals surface area contributed by atoms with Crippen molar-refractivity contribution in [2.45, 2.75) is 6.10 Å². The van der Waals surface area contributed by atoms with Gasteiger partial charge in [0.25, 0.3) is 0 Å². The zero-order valence-corrected chi connectivity index (χ0v) is 8.30. The highest BCUT2D eigenvalue weighted by Crippen LogP contribution is 2.31. The number of nitrogen functional groups attached to an aromatic ring is 1. The van der Waals surface area contributed by atoms with Crippen molar-refractivity contribution >= 4 is 5.69 Å². The van der Waals surface area contributed by atoms with Crippen molar-refractivity contribution < 1.29 is 5.11 Å². The SMILES string of the molecule is Nc1ccccc1.OC1c2cccc1c2. The number of hydrogen-bond donors (Lipinski definition) is 2. The van der Waals surface area contributed by atoms with E-state index in [1.165, 1.54) is 0 Å². The molecule has 0 spiro atoms. The van der Waals surface area contributed by atoms with Crippen LogP contribution in [0.15, 0.2) is 54.6 Å². The van der Waals surface area contributed by atoms with Crippen molar-refractivity contribution in [2.75, 3.05) is 5.73 Å². The van der Waals surface area contributed by atoms with Crippen LogP contribution in [0.25, 0.3) is 0 Å². The second kappa shape index (κ2) is 4.15. The van der Waals surface area contributed by atoms with Gasteiger partial charge in [-0.1, -0.05) is 36.4 Å². The van der Waals surface area contributed by atoms with E-state index in [0.29, 0.717) is 0 Å². The quantitative estimate of drug-likeness (QED) is 0.640. The molecule has 2 aromatic carbocycles. The molecule has 0 aromatic heterocycles. The summed E-state index contributed by atoms with van der Waals surface area (Å²) in [5, 5.41) is 9.04. The molecule has 2 aromatic rings. The molecule has 0 radical (unpaired) electrons. The Morgan fingerprint density at radius 1 is 0.867 bits per heavy atom. The van der Waals surface area contributed by atoms with E-state index in [1.54, 1.807) is 0 Å². The maximum Gasteiger partial charge on any atom is 0.104 e. The van der Waals surface area contributed by atoms with E-state index < -0.39 is 0 Å². The molecule has 4 rings (SSSR count). The third-order valence-electron chi connectivity index (χ3n) is 2.34. The third-order valence-corrected chi connectivity index (χ3v) is 2.34. The van der Waals surface area contributed by atoms with E-state index in [0.717, 1.165) is 16.8 Å². The van der Waals surface area contributed by atoms with Gasteiger partial charge in [0.05, 0.1) is 0 Å². The Balaban J connectivity index is 0.000000115. The summed E-state index contributed by atoms with van der Waals surface area (Å²) in [6, 6.07) is 17.3. The van der Waals surface area contributed by atoms with Crippen molar-refractivity contribution in [1.82, 2.24) is 0 Å². The summed E-state index contributed by atoms with van der Waals surface area (Å²) >= 11 is 0. The summed E-state index contributed by atoms with van der Waals surface area (Å²) in [6.07, 6.45) is -0.264. The number of anilines is 1. The molecule has 2 aliphatic rings. The number of nitrogens with two attached hydrogens (primary N) is 1. The monoisotopic (exact) mass is 199 g/mol. The standard InChI is InChI=1S/C7H6O.C6H7N/c8-7-5-2-1-3-6(7)4-5;7-6-4-2-1-3-5-6/h1-4,7-8H;1-5H,7H2. The molecule has 0 atom stereocenters. The first-order valence-corrected chi connectivity index (χ1v) is 4.86. The Labute approximate surface area is 89.0 Å². The van der Waals surface area contributed by atoms with Gasteiger partial charge >= 0.3 is 0 Å². The first kappa shape index (κ1) is 9.74. The first-order chi connectivity index (χ1) is 7.27. The van der Waals surface area contributed by atoms with Gasteiger partial charge in [-0.2, -0.15) is 0 Å². The van der Waals surface area contributed by atoms with Crippen LogP contribution in [0.3, 0.4) is 0 Å². The van der Waals surface area contributed by atoms with Gasteiger partial charge in [-0.25, -0.2) is 0 Å². The normalized spacial score (nSPS) is 12.3. The molecule has 0 saturated heterocycles. The van der Waals surface area contributed by atoms with Crippen molar-refractivity contribution in [2.24, 2.45) is 0 Å². The van der Waals surface area contributed by atoms with E-state index in [9.17, 15) is 0 Å². The van der Waals surface area contributed by atoms with Gasteiger partial charge in [-0.3, -0.25) is 0 Å². The van der Waals surface area contributed by atoms with Gasteiger partial charge in [-0.15, -0.1) is 0 Å². The highest BCUT2D eigenvalue weighted by atomic mass is 16.3. The second-order valence-corrected chi connectivity index (χ2v) is 3.48. The fraction of sp³-hybridized carbons (Fsp3) is 0.0769. The van der Waals surface area contributed by atoms with Gasteiger partial charge < -0.3 is 10.8 Å². The van der Waals surface area contributed by atoms with E-state index in [2.05, 4.69) is 0 Å². The molecule has 0 saturated carbocycles. The summed E-state index contributed by atoms with van der Waals surface area (Å²) in [7, 11) is 0. The summed E-state index contributed by atoms with van der Waals surface area (Å²) in [5.74, 6) is 0. The van der Waals surface area contributed by atoms with Crippen molar-refractivity contribution in [3.05, 3.63) is 65.7 Å². The van der Waals surface area contributed by atoms with E-state index in [4.69, 9.17) is 10.8 Å². The van der Waals surface area contributed by atoms with Crippen LogP contribution in [0.2, 0.25) is 0 Å². The molecule has 0 amide bonds. The van der Waals surface area contributed by atoms with Crippen LogP contribution >= 0.6 is 0 Å². The van der Waals surface area contributed by atoms with Gasteiger partial charge in [0, 0.05) is 5.69 Å². The van der Waals surface area contributed by atoms with Crippen LogP contribution in [-0.2, 0) is 0 Å². The molecular weight excluding hydrogens is 186 g/mol. The number of hydrogen-bond acceptors (Lipinski definition) is 2. The molecule has 2 nitrogen and oxygen atoms in total. The lowest BCUT2D eigenvalue weighted by molar-refractivity contribution is 0.206.